The molecule has 0 aliphatic rings. The van der Waals surface area contributed by atoms with Crippen LogP contribution in [0.5, 0.6) is 0 Å². The summed E-state index contributed by atoms with van der Waals surface area (Å²) in [7, 11) is 1.30. The second-order valence-corrected chi connectivity index (χ2v) is 3.55. The molecule has 1 aromatic heterocycles. The number of methoxy groups -OCH3 is 1. The molecule has 6 nitrogen and oxygen atoms in total. The molecular weight excluding hydrogens is 238 g/mol. The van der Waals surface area contributed by atoms with E-state index < -0.39 is 5.63 Å². The molecular formula is C12H15NO5. The first-order valence-electron chi connectivity index (χ1n) is 5.53. The molecule has 6 heteroatoms. The Morgan fingerprint density at radius 3 is 2.61 bits per heavy atom. The minimum Gasteiger partial charge on any atom is -0.469 e. The van der Waals surface area contributed by atoms with E-state index in [0.29, 0.717) is 6.54 Å². The highest BCUT2D eigenvalue weighted by molar-refractivity contribution is 5.93. The molecule has 0 radical (unpaired) electrons. The van der Waals surface area contributed by atoms with Crippen LogP contribution in [0.15, 0.2) is 27.6 Å². The predicted octanol–water partition coefficient (Wildman–Crippen LogP) is 0.665. The standard InChI is InChI=1S/C12H15NO5/c1-3-13(7-6-10(14)17-2)12(16)9-4-5-11(15)18-8-9/h4-5,8H,3,6-7H2,1-2H3. The Morgan fingerprint density at radius 1 is 1.39 bits per heavy atom. The predicted molar refractivity (Wildman–Crippen MR) is 63.2 cm³/mol. The second kappa shape index (κ2) is 6.58. The Morgan fingerprint density at radius 2 is 2.11 bits per heavy atom. The Hall–Kier alpha value is -2.11. The van der Waals surface area contributed by atoms with Gasteiger partial charge in [0.2, 0.25) is 0 Å². The lowest BCUT2D eigenvalue weighted by Gasteiger charge is -2.19. The molecule has 0 bridgehead atoms. The van der Waals surface area contributed by atoms with Crippen molar-refractivity contribution in [3.05, 3.63) is 34.4 Å². The highest BCUT2D eigenvalue weighted by Crippen LogP contribution is 2.04. The molecule has 0 aromatic carbocycles. The van der Waals surface area contributed by atoms with E-state index >= 15 is 0 Å². The van der Waals surface area contributed by atoms with Crippen molar-refractivity contribution >= 4 is 11.9 Å². The van der Waals surface area contributed by atoms with Crippen LogP contribution < -0.4 is 5.63 Å². The zero-order valence-electron chi connectivity index (χ0n) is 10.3. The van der Waals surface area contributed by atoms with E-state index in [4.69, 9.17) is 0 Å². The van der Waals surface area contributed by atoms with Gasteiger partial charge >= 0.3 is 11.6 Å². The van der Waals surface area contributed by atoms with Gasteiger partial charge in [0.25, 0.3) is 5.91 Å². The molecule has 0 aliphatic carbocycles. The molecule has 0 spiro atoms. The van der Waals surface area contributed by atoms with E-state index in [1.54, 1.807) is 6.92 Å². The molecule has 0 saturated carbocycles. The van der Waals surface area contributed by atoms with Crippen molar-refractivity contribution in [1.82, 2.24) is 4.90 Å². The van der Waals surface area contributed by atoms with E-state index in [9.17, 15) is 14.4 Å². The average Bonchev–Trinajstić information content (AvgIpc) is 2.39. The van der Waals surface area contributed by atoms with Crippen LogP contribution in [-0.2, 0) is 9.53 Å². The van der Waals surface area contributed by atoms with Crippen LogP contribution in [-0.4, -0.2) is 37.0 Å². The molecule has 1 aromatic rings. The van der Waals surface area contributed by atoms with Crippen molar-refractivity contribution in [3.63, 3.8) is 0 Å². The summed E-state index contributed by atoms with van der Waals surface area (Å²) in [6.07, 6.45) is 1.25. The summed E-state index contributed by atoms with van der Waals surface area (Å²) < 4.78 is 9.14. The van der Waals surface area contributed by atoms with Crippen molar-refractivity contribution in [2.24, 2.45) is 0 Å². The van der Waals surface area contributed by atoms with E-state index in [1.807, 2.05) is 0 Å². The fourth-order valence-electron chi connectivity index (χ4n) is 1.39. The van der Waals surface area contributed by atoms with Gasteiger partial charge in [-0.15, -0.1) is 0 Å². The lowest BCUT2D eigenvalue weighted by molar-refractivity contribution is -0.140. The maximum atomic E-state index is 12.0. The molecule has 0 saturated heterocycles. The maximum absolute atomic E-state index is 12.0. The topological polar surface area (TPSA) is 76.8 Å². The fourth-order valence-corrected chi connectivity index (χ4v) is 1.39. The number of hydrogen-bond acceptors (Lipinski definition) is 5. The summed E-state index contributed by atoms with van der Waals surface area (Å²) >= 11 is 0. The van der Waals surface area contributed by atoms with Gasteiger partial charge in [0.1, 0.15) is 6.26 Å². The van der Waals surface area contributed by atoms with Gasteiger partial charge in [0, 0.05) is 19.2 Å². The third kappa shape index (κ3) is 3.73. The Labute approximate surface area is 104 Å². The van der Waals surface area contributed by atoms with Crippen LogP contribution in [0.1, 0.15) is 23.7 Å². The van der Waals surface area contributed by atoms with Gasteiger partial charge in [0.15, 0.2) is 0 Å². The zero-order valence-corrected chi connectivity index (χ0v) is 10.3. The number of carbonyl (C=O) groups is 2. The molecule has 0 atom stereocenters. The summed E-state index contributed by atoms with van der Waals surface area (Å²) in [5.41, 5.74) is -0.231. The van der Waals surface area contributed by atoms with E-state index in [0.717, 1.165) is 6.26 Å². The van der Waals surface area contributed by atoms with E-state index in [1.165, 1.54) is 24.1 Å². The number of esters is 1. The summed E-state index contributed by atoms with van der Waals surface area (Å²) in [5.74, 6) is -0.661. The smallest absolute Gasteiger partial charge is 0.335 e. The van der Waals surface area contributed by atoms with Crippen LogP contribution in [0.3, 0.4) is 0 Å². The van der Waals surface area contributed by atoms with Crippen molar-refractivity contribution in [3.8, 4) is 0 Å². The monoisotopic (exact) mass is 253 g/mol. The Bertz CT molecular complexity index is 459. The van der Waals surface area contributed by atoms with Crippen LogP contribution in [0.2, 0.25) is 0 Å². The highest BCUT2D eigenvalue weighted by atomic mass is 16.5. The summed E-state index contributed by atoms with van der Waals surface area (Å²) in [4.78, 5) is 35.3. The molecule has 0 fully saturated rings. The lowest BCUT2D eigenvalue weighted by Crippen LogP contribution is -2.33. The second-order valence-electron chi connectivity index (χ2n) is 3.55. The quantitative estimate of drug-likeness (QED) is 0.720. The van der Waals surface area contributed by atoms with Gasteiger partial charge in [-0.3, -0.25) is 9.59 Å². The maximum Gasteiger partial charge on any atom is 0.335 e. The first-order valence-corrected chi connectivity index (χ1v) is 5.53. The summed E-state index contributed by atoms with van der Waals surface area (Å²) in [5, 5.41) is 0. The number of rotatable bonds is 5. The van der Waals surface area contributed by atoms with Crippen molar-refractivity contribution in [2.75, 3.05) is 20.2 Å². The lowest BCUT2D eigenvalue weighted by atomic mass is 10.2. The molecule has 1 rings (SSSR count). The van der Waals surface area contributed by atoms with Crippen LogP contribution in [0.4, 0.5) is 0 Å². The fraction of sp³-hybridized carbons (Fsp3) is 0.417. The molecule has 0 aliphatic heterocycles. The largest absolute Gasteiger partial charge is 0.469 e. The number of carbonyl (C=O) groups excluding carboxylic acids is 2. The third-order valence-electron chi connectivity index (χ3n) is 2.43. The Kier molecular flexibility index (Phi) is 5.10. The van der Waals surface area contributed by atoms with Crippen molar-refractivity contribution < 1.29 is 18.7 Å². The normalized spacial score (nSPS) is 9.89. The number of ether oxygens (including phenoxy) is 1. The Balaban J connectivity index is 2.70. The van der Waals surface area contributed by atoms with Crippen LogP contribution in [0, 0.1) is 0 Å². The van der Waals surface area contributed by atoms with Crippen LogP contribution >= 0.6 is 0 Å². The molecule has 1 amide bonds. The molecule has 1 heterocycles. The van der Waals surface area contributed by atoms with Gasteiger partial charge in [-0.1, -0.05) is 0 Å². The molecule has 0 unspecified atom stereocenters. The zero-order chi connectivity index (χ0) is 13.5. The minimum absolute atomic E-state index is 0.132. The summed E-state index contributed by atoms with van der Waals surface area (Å²) in [6, 6.07) is 2.58. The number of amides is 1. The van der Waals surface area contributed by atoms with E-state index in [2.05, 4.69) is 9.15 Å². The number of nitrogens with zero attached hydrogens (tertiary/aromatic N) is 1. The third-order valence-corrected chi connectivity index (χ3v) is 2.43. The van der Waals surface area contributed by atoms with E-state index in [-0.39, 0.29) is 30.4 Å². The van der Waals surface area contributed by atoms with Gasteiger partial charge in [-0.05, 0) is 13.0 Å². The average molecular weight is 253 g/mol. The molecule has 18 heavy (non-hydrogen) atoms. The van der Waals surface area contributed by atoms with Gasteiger partial charge in [-0.25, -0.2) is 4.79 Å². The first kappa shape index (κ1) is 14.0. The summed E-state index contributed by atoms with van der Waals surface area (Å²) in [6.45, 7) is 2.52. The molecule has 0 N–H and O–H groups in total. The van der Waals surface area contributed by atoms with Crippen LogP contribution in [0.25, 0.3) is 0 Å². The van der Waals surface area contributed by atoms with Crippen molar-refractivity contribution in [2.45, 2.75) is 13.3 Å². The minimum atomic E-state index is -0.510. The first-order chi connectivity index (χ1) is 8.58. The van der Waals surface area contributed by atoms with Gasteiger partial charge in [-0.2, -0.15) is 0 Å². The van der Waals surface area contributed by atoms with Crippen molar-refractivity contribution in [1.29, 1.82) is 0 Å². The van der Waals surface area contributed by atoms with Gasteiger partial charge < -0.3 is 14.1 Å². The van der Waals surface area contributed by atoms with Gasteiger partial charge in [0.05, 0.1) is 19.1 Å². The molecule has 98 valence electrons. The number of hydrogen-bond donors (Lipinski definition) is 0. The highest BCUT2D eigenvalue weighted by Gasteiger charge is 2.16. The SMILES string of the molecule is CCN(CCC(=O)OC)C(=O)c1ccc(=O)oc1.